The highest BCUT2D eigenvalue weighted by Gasteiger charge is 2.22. The minimum Gasteiger partial charge on any atom is -0.456 e. The zero-order valence-electron chi connectivity index (χ0n) is 11.0. The SMILES string of the molecule is CC(C)(CCO)OC(=O)c1ccc(CN=[N+]=[N-])cc1. The Morgan fingerprint density at radius 2 is 2.05 bits per heavy atom. The number of esters is 1. The fourth-order valence-corrected chi connectivity index (χ4v) is 1.49. The number of ether oxygens (including phenoxy) is 1. The van der Waals surface area contributed by atoms with Gasteiger partial charge in [0.1, 0.15) is 5.60 Å². The van der Waals surface area contributed by atoms with Crippen LogP contribution >= 0.6 is 0 Å². The zero-order valence-corrected chi connectivity index (χ0v) is 11.0. The Hall–Kier alpha value is -2.04. The molecule has 0 saturated carbocycles. The van der Waals surface area contributed by atoms with Gasteiger partial charge in [0.25, 0.3) is 0 Å². The molecule has 102 valence electrons. The second kappa shape index (κ2) is 6.78. The lowest BCUT2D eigenvalue weighted by Crippen LogP contribution is -2.29. The molecule has 0 saturated heterocycles. The van der Waals surface area contributed by atoms with E-state index < -0.39 is 11.6 Å². The van der Waals surface area contributed by atoms with Crippen molar-refractivity contribution in [2.24, 2.45) is 5.11 Å². The summed E-state index contributed by atoms with van der Waals surface area (Å²) in [6.45, 7) is 3.71. The summed E-state index contributed by atoms with van der Waals surface area (Å²) in [6, 6.07) is 6.67. The summed E-state index contributed by atoms with van der Waals surface area (Å²) in [4.78, 5) is 14.5. The molecule has 1 aromatic carbocycles. The van der Waals surface area contributed by atoms with E-state index in [-0.39, 0.29) is 13.2 Å². The van der Waals surface area contributed by atoms with Crippen LogP contribution < -0.4 is 0 Å². The van der Waals surface area contributed by atoms with Gasteiger partial charge in [-0.1, -0.05) is 17.2 Å². The van der Waals surface area contributed by atoms with Gasteiger partial charge >= 0.3 is 5.97 Å². The van der Waals surface area contributed by atoms with E-state index in [1.807, 2.05) is 0 Å². The number of rotatable bonds is 6. The highest BCUT2D eigenvalue weighted by Crippen LogP contribution is 2.17. The van der Waals surface area contributed by atoms with Crippen LogP contribution in [0.5, 0.6) is 0 Å². The minimum absolute atomic E-state index is 0.0363. The van der Waals surface area contributed by atoms with Crippen molar-refractivity contribution in [1.29, 1.82) is 0 Å². The number of hydrogen-bond donors (Lipinski definition) is 1. The lowest BCUT2D eigenvalue weighted by atomic mass is 10.1. The van der Waals surface area contributed by atoms with Crippen LogP contribution in [0, 0.1) is 0 Å². The van der Waals surface area contributed by atoms with E-state index in [9.17, 15) is 4.79 Å². The van der Waals surface area contributed by atoms with Crippen LogP contribution in [0.1, 0.15) is 36.2 Å². The minimum atomic E-state index is -0.699. The van der Waals surface area contributed by atoms with Gasteiger partial charge in [-0.25, -0.2) is 4.79 Å². The molecule has 0 aromatic heterocycles. The first-order valence-electron chi connectivity index (χ1n) is 5.92. The molecule has 19 heavy (non-hydrogen) atoms. The normalized spacial score (nSPS) is 10.7. The van der Waals surface area contributed by atoms with Gasteiger partial charge in [-0.2, -0.15) is 0 Å². The standard InChI is InChI=1S/C13H17N3O3/c1-13(2,7-8-17)19-12(18)11-5-3-10(4-6-11)9-15-16-14/h3-6,17H,7-9H2,1-2H3. The Kier molecular flexibility index (Phi) is 5.36. The Bertz CT molecular complexity index is 476. The highest BCUT2D eigenvalue weighted by molar-refractivity contribution is 5.89. The molecule has 0 amide bonds. The van der Waals surface area contributed by atoms with Gasteiger partial charge in [0.05, 0.1) is 12.1 Å². The predicted octanol–water partition coefficient (Wildman–Crippen LogP) is 2.81. The molecule has 0 aliphatic rings. The van der Waals surface area contributed by atoms with Gasteiger partial charge in [-0.15, -0.1) is 0 Å². The molecular weight excluding hydrogens is 246 g/mol. The average Bonchev–Trinajstić information content (AvgIpc) is 2.36. The maximum atomic E-state index is 11.9. The van der Waals surface area contributed by atoms with E-state index >= 15 is 0 Å². The largest absolute Gasteiger partial charge is 0.456 e. The number of benzene rings is 1. The summed E-state index contributed by atoms with van der Waals surface area (Å²) in [6.07, 6.45) is 0.383. The number of aliphatic hydroxyl groups is 1. The number of hydrogen-bond acceptors (Lipinski definition) is 4. The van der Waals surface area contributed by atoms with Gasteiger partial charge < -0.3 is 9.84 Å². The molecule has 1 N–H and O–H groups in total. The van der Waals surface area contributed by atoms with Crippen LogP contribution in [0.2, 0.25) is 0 Å². The predicted molar refractivity (Wildman–Crippen MR) is 70.5 cm³/mol. The second-order valence-electron chi connectivity index (χ2n) is 4.71. The topological polar surface area (TPSA) is 95.3 Å². The third-order valence-electron chi connectivity index (χ3n) is 2.59. The van der Waals surface area contributed by atoms with Gasteiger partial charge in [-0.05, 0) is 37.1 Å². The molecule has 1 rings (SSSR count). The smallest absolute Gasteiger partial charge is 0.338 e. The summed E-state index contributed by atoms with van der Waals surface area (Å²) in [5.41, 5.74) is 8.76. The van der Waals surface area contributed by atoms with Crippen LogP contribution in [0.15, 0.2) is 29.4 Å². The molecule has 6 nitrogen and oxygen atoms in total. The molecular formula is C13H17N3O3. The summed E-state index contributed by atoms with van der Waals surface area (Å²) in [5, 5.41) is 12.3. The fourth-order valence-electron chi connectivity index (χ4n) is 1.49. The molecule has 0 aliphatic heterocycles. The van der Waals surface area contributed by atoms with Crippen LogP contribution in [-0.2, 0) is 11.3 Å². The third-order valence-corrected chi connectivity index (χ3v) is 2.59. The van der Waals surface area contributed by atoms with Crippen LogP contribution in [-0.4, -0.2) is 23.3 Å². The Balaban J connectivity index is 2.70. The van der Waals surface area contributed by atoms with Crippen LogP contribution in [0.3, 0.4) is 0 Å². The Morgan fingerprint density at radius 1 is 1.42 bits per heavy atom. The van der Waals surface area contributed by atoms with E-state index in [0.717, 1.165) is 5.56 Å². The lowest BCUT2D eigenvalue weighted by Gasteiger charge is -2.24. The van der Waals surface area contributed by atoms with E-state index in [0.29, 0.717) is 12.0 Å². The Morgan fingerprint density at radius 3 is 2.58 bits per heavy atom. The molecule has 0 bridgehead atoms. The summed E-state index contributed by atoms with van der Waals surface area (Å²) < 4.78 is 5.30. The van der Waals surface area contributed by atoms with Crippen molar-refractivity contribution in [2.75, 3.05) is 6.61 Å². The van der Waals surface area contributed by atoms with Gasteiger partial charge in [0.2, 0.25) is 0 Å². The molecule has 0 fully saturated rings. The van der Waals surface area contributed by atoms with Crippen molar-refractivity contribution in [2.45, 2.75) is 32.4 Å². The molecule has 0 heterocycles. The van der Waals surface area contributed by atoms with Crippen molar-refractivity contribution in [3.8, 4) is 0 Å². The molecule has 0 radical (unpaired) electrons. The van der Waals surface area contributed by atoms with Crippen molar-refractivity contribution in [3.05, 3.63) is 45.8 Å². The summed E-state index contributed by atoms with van der Waals surface area (Å²) in [7, 11) is 0. The van der Waals surface area contributed by atoms with E-state index in [4.69, 9.17) is 15.4 Å². The van der Waals surface area contributed by atoms with Crippen LogP contribution in [0.4, 0.5) is 0 Å². The zero-order chi connectivity index (χ0) is 14.3. The highest BCUT2D eigenvalue weighted by atomic mass is 16.6. The summed E-state index contributed by atoms with van der Waals surface area (Å²) in [5.74, 6) is -0.436. The molecule has 6 heteroatoms. The van der Waals surface area contributed by atoms with Gasteiger partial charge in [0, 0.05) is 17.9 Å². The number of azide groups is 1. The Labute approximate surface area is 111 Å². The van der Waals surface area contributed by atoms with Crippen molar-refractivity contribution >= 4 is 5.97 Å². The molecule has 0 unspecified atom stereocenters. The van der Waals surface area contributed by atoms with E-state index in [1.165, 1.54) is 0 Å². The number of carbonyl (C=O) groups excluding carboxylic acids is 1. The third kappa shape index (κ3) is 4.99. The van der Waals surface area contributed by atoms with Crippen molar-refractivity contribution in [1.82, 2.24) is 0 Å². The fraction of sp³-hybridized carbons (Fsp3) is 0.462. The van der Waals surface area contributed by atoms with Crippen molar-refractivity contribution in [3.63, 3.8) is 0 Å². The first-order chi connectivity index (χ1) is 8.98. The first-order valence-corrected chi connectivity index (χ1v) is 5.92. The molecule has 0 atom stereocenters. The molecule has 0 aliphatic carbocycles. The molecule has 0 spiro atoms. The van der Waals surface area contributed by atoms with Gasteiger partial charge in [0.15, 0.2) is 0 Å². The maximum absolute atomic E-state index is 11.9. The van der Waals surface area contributed by atoms with E-state index in [1.54, 1.807) is 38.1 Å². The average molecular weight is 263 g/mol. The number of carbonyl (C=O) groups is 1. The quantitative estimate of drug-likeness (QED) is 0.370. The number of nitrogens with zero attached hydrogens (tertiary/aromatic N) is 3. The maximum Gasteiger partial charge on any atom is 0.338 e. The lowest BCUT2D eigenvalue weighted by molar-refractivity contribution is -0.0106. The first kappa shape index (κ1) is 15.0. The van der Waals surface area contributed by atoms with E-state index in [2.05, 4.69) is 10.0 Å². The molecule has 1 aromatic rings. The summed E-state index contributed by atoms with van der Waals surface area (Å²) >= 11 is 0. The number of aliphatic hydroxyl groups excluding tert-OH is 1. The van der Waals surface area contributed by atoms with Crippen molar-refractivity contribution < 1.29 is 14.6 Å². The monoisotopic (exact) mass is 263 g/mol. The van der Waals surface area contributed by atoms with Gasteiger partial charge in [-0.3, -0.25) is 0 Å². The van der Waals surface area contributed by atoms with Crippen LogP contribution in [0.25, 0.3) is 10.4 Å². The second-order valence-corrected chi connectivity index (χ2v) is 4.71.